The van der Waals surface area contributed by atoms with Crippen LogP contribution in [-0.2, 0) is 4.74 Å². The van der Waals surface area contributed by atoms with Crippen molar-refractivity contribution in [3.63, 3.8) is 0 Å². The van der Waals surface area contributed by atoms with E-state index in [-0.39, 0.29) is 0 Å². The number of rotatable bonds is 2. The molecule has 0 bridgehead atoms. The molecule has 1 aromatic rings. The van der Waals surface area contributed by atoms with Crippen molar-refractivity contribution in [1.82, 2.24) is 0 Å². The molecule has 0 unspecified atom stereocenters. The van der Waals surface area contributed by atoms with Gasteiger partial charge in [-0.05, 0) is 6.07 Å². The second-order valence-electron chi connectivity index (χ2n) is 2.54. The van der Waals surface area contributed by atoms with E-state index in [4.69, 9.17) is 5.11 Å². The van der Waals surface area contributed by atoms with E-state index >= 15 is 0 Å². The van der Waals surface area contributed by atoms with Crippen LogP contribution < -0.4 is 0 Å². The van der Waals surface area contributed by atoms with Crippen molar-refractivity contribution >= 4 is 11.7 Å². The van der Waals surface area contributed by atoms with Gasteiger partial charge in [-0.3, -0.25) is 10.1 Å². The summed E-state index contributed by atoms with van der Waals surface area (Å²) in [7, 11) is 0.972. The summed E-state index contributed by atoms with van der Waals surface area (Å²) < 4.78 is 17.5. The number of nitrogens with zero attached hydrogens (tertiary/aromatic N) is 1. The Bertz CT molecular complexity index is 433. The molecule has 0 saturated heterocycles. The molecule has 0 aliphatic carbocycles. The van der Waals surface area contributed by atoms with E-state index in [1.807, 2.05) is 13.8 Å². The lowest BCUT2D eigenvalue weighted by Crippen LogP contribution is -2.07. The Labute approximate surface area is 96.8 Å². The number of benzene rings is 1. The lowest BCUT2D eigenvalue weighted by atomic mass is 10.1. The van der Waals surface area contributed by atoms with Gasteiger partial charge in [-0.15, -0.1) is 0 Å². The van der Waals surface area contributed by atoms with E-state index in [1.54, 1.807) is 0 Å². The zero-order valence-electron chi connectivity index (χ0n) is 9.56. The molecule has 0 aliphatic heterocycles. The van der Waals surface area contributed by atoms with Crippen LogP contribution in [0, 0.1) is 15.9 Å². The van der Waals surface area contributed by atoms with Gasteiger partial charge in [0.15, 0.2) is 0 Å². The van der Waals surface area contributed by atoms with Crippen molar-refractivity contribution in [2.75, 3.05) is 7.11 Å². The first-order chi connectivity index (χ1) is 7.99. The largest absolute Gasteiger partial charge is 0.507 e. The number of halogens is 1. The van der Waals surface area contributed by atoms with Crippen molar-refractivity contribution in [2.45, 2.75) is 13.8 Å². The number of esters is 1. The van der Waals surface area contributed by atoms with Crippen molar-refractivity contribution < 1.29 is 24.0 Å². The highest BCUT2D eigenvalue weighted by atomic mass is 19.1. The van der Waals surface area contributed by atoms with E-state index in [0.717, 1.165) is 19.2 Å². The Kier molecular flexibility index (Phi) is 5.59. The second-order valence-corrected chi connectivity index (χ2v) is 2.54. The molecule has 17 heavy (non-hydrogen) atoms. The molecule has 0 atom stereocenters. The molecule has 0 amide bonds. The van der Waals surface area contributed by atoms with Gasteiger partial charge < -0.3 is 9.84 Å². The van der Waals surface area contributed by atoms with Gasteiger partial charge in [0.25, 0.3) is 0 Å². The molecule has 1 rings (SSSR count). The standard InChI is InChI=1S/C8H6FNO5.C2H6/c1-15-8(12)6-5(11)3-2-4(7(6)9)10(13)14;1-2/h2-3,11H,1H3;1-2H3. The lowest BCUT2D eigenvalue weighted by molar-refractivity contribution is -0.387. The molecule has 0 radical (unpaired) electrons. The van der Waals surface area contributed by atoms with Crippen LogP contribution in [0.1, 0.15) is 24.2 Å². The molecule has 0 fully saturated rings. The maximum Gasteiger partial charge on any atom is 0.344 e. The van der Waals surface area contributed by atoms with Crippen molar-refractivity contribution in [1.29, 1.82) is 0 Å². The number of carbonyl (C=O) groups is 1. The van der Waals surface area contributed by atoms with Gasteiger partial charge in [0, 0.05) is 6.07 Å². The molecule has 0 spiro atoms. The Morgan fingerprint density at radius 1 is 1.47 bits per heavy atom. The van der Waals surface area contributed by atoms with Gasteiger partial charge in [-0.1, -0.05) is 13.8 Å². The number of methoxy groups -OCH3 is 1. The molecule has 0 heterocycles. The maximum absolute atomic E-state index is 13.3. The molecule has 0 saturated carbocycles. The number of phenols is 1. The van der Waals surface area contributed by atoms with Crippen LogP contribution in [0.15, 0.2) is 12.1 Å². The predicted molar refractivity (Wildman–Crippen MR) is 57.4 cm³/mol. The van der Waals surface area contributed by atoms with Crippen LogP contribution in [0.3, 0.4) is 0 Å². The second kappa shape index (κ2) is 6.41. The van der Waals surface area contributed by atoms with Gasteiger partial charge in [-0.25, -0.2) is 4.79 Å². The molecular formula is C10H12FNO5. The Morgan fingerprint density at radius 3 is 2.41 bits per heavy atom. The van der Waals surface area contributed by atoms with E-state index in [9.17, 15) is 19.3 Å². The zero-order chi connectivity index (χ0) is 13.6. The summed E-state index contributed by atoms with van der Waals surface area (Å²) >= 11 is 0. The number of hydrogen-bond donors (Lipinski definition) is 1. The van der Waals surface area contributed by atoms with Crippen molar-refractivity contribution in [3.8, 4) is 5.75 Å². The van der Waals surface area contributed by atoms with Crippen molar-refractivity contribution in [3.05, 3.63) is 33.6 Å². The number of phenolic OH excluding ortho intramolecular Hbond substituents is 1. The van der Waals surface area contributed by atoms with Crippen LogP contribution in [0.5, 0.6) is 5.75 Å². The minimum atomic E-state index is -1.41. The Hall–Kier alpha value is -2.18. The summed E-state index contributed by atoms with van der Waals surface area (Å²) in [4.78, 5) is 20.3. The molecule has 6 nitrogen and oxygen atoms in total. The molecule has 1 N–H and O–H groups in total. The SMILES string of the molecule is CC.COC(=O)c1c(O)ccc([N+](=O)[O-])c1F. The third-order valence-electron chi connectivity index (χ3n) is 1.69. The van der Waals surface area contributed by atoms with Crippen LogP contribution in [0.4, 0.5) is 10.1 Å². The fourth-order valence-corrected chi connectivity index (χ4v) is 0.992. The summed E-state index contributed by atoms with van der Waals surface area (Å²) in [6.45, 7) is 4.00. The minimum absolute atomic E-state index is 0.704. The summed E-state index contributed by atoms with van der Waals surface area (Å²) in [5.74, 6) is -3.29. The topological polar surface area (TPSA) is 89.7 Å². The quantitative estimate of drug-likeness (QED) is 0.490. The first kappa shape index (κ1) is 14.8. The monoisotopic (exact) mass is 245 g/mol. The van der Waals surface area contributed by atoms with Gasteiger partial charge >= 0.3 is 11.7 Å². The third-order valence-corrected chi connectivity index (χ3v) is 1.69. The number of ether oxygens (including phenoxy) is 1. The van der Waals surface area contributed by atoms with Gasteiger partial charge in [-0.2, -0.15) is 4.39 Å². The fourth-order valence-electron chi connectivity index (χ4n) is 0.992. The number of carbonyl (C=O) groups excluding carboxylic acids is 1. The van der Waals surface area contributed by atoms with Crippen LogP contribution in [0.2, 0.25) is 0 Å². The maximum atomic E-state index is 13.3. The summed E-state index contributed by atoms with van der Waals surface area (Å²) in [6, 6.07) is 1.62. The summed E-state index contributed by atoms with van der Waals surface area (Å²) in [5.41, 5.74) is -1.74. The van der Waals surface area contributed by atoms with E-state index in [2.05, 4.69) is 4.74 Å². The number of hydrogen-bond acceptors (Lipinski definition) is 5. The van der Waals surface area contributed by atoms with Crippen LogP contribution in [0.25, 0.3) is 0 Å². The van der Waals surface area contributed by atoms with Gasteiger partial charge in [0.05, 0.1) is 12.0 Å². The Morgan fingerprint density at radius 2 is 2.00 bits per heavy atom. The first-order valence-corrected chi connectivity index (χ1v) is 4.73. The molecule has 0 aliphatic rings. The molecule has 7 heteroatoms. The fraction of sp³-hybridized carbons (Fsp3) is 0.300. The third kappa shape index (κ3) is 3.13. The molecular weight excluding hydrogens is 233 g/mol. The molecule has 0 aromatic heterocycles. The zero-order valence-corrected chi connectivity index (χ0v) is 9.56. The van der Waals surface area contributed by atoms with E-state index in [0.29, 0.717) is 0 Å². The number of aromatic hydroxyl groups is 1. The smallest absolute Gasteiger partial charge is 0.344 e. The van der Waals surface area contributed by atoms with Crippen molar-refractivity contribution in [2.24, 2.45) is 0 Å². The number of nitro groups is 1. The Balaban J connectivity index is 0.00000121. The summed E-state index contributed by atoms with van der Waals surface area (Å²) in [6.07, 6.45) is 0. The van der Waals surface area contributed by atoms with Crippen LogP contribution in [-0.4, -0.2) is 23.1 Å². The lowest BCUT2D eigenvalue weighted by Gasteiger charge is -2.03. The molecule has 94 valence electrons. The summed E-state index contributed by atoms with van der Waals surface area (Å²) in [5, 5.41) is 19.5. The van der Waals surface area contributed by atoms with Gasteiger partial charge in [0.2, 0.25) is 5.82 Å². The molecule has 1 aromatic carbocycles. The van der Waals surface area contributed by atoms with Gasteiger partial charge in [0.1, 0.15) is 11.3 Å². The average molecular weight is 245 g/mol. The predicted octanol–water partition coefficient (Wildman–Crippen LogP) is 2.25. The highest BCUT2D eigenvalue weighted by Gasteiger charge is 2.26. The minimum Gasteiger partial charge on any atom is -0.507 e. The van der Waals surface area contributed by atoms with E-state index in [1.165, 1.54) is 0 Å². The van der Waals surface area contributed by atoms with Crippen LogP contribution >= 0.6 is 0 Å². The number of nitro benzene ring substituents is 1. The highest BCUT2D eigenvalue weighted by Crippen LogP contribution is 2.28. The first-order valence-electron chi connectivity index (χ1n) is 4.73. The highest BCUT2D eigenvalue weighted by molar-refractivity contribution is 5.93. The normalized spacial score (nSPS) is 8.94. The van der Waals surface area contributed by atoms with E-state index < -0.39 is 33.7 Å². The average Bonchev–Trinajstić information content (AvgIpc) is 2.30.